The van der Waals surface area contributed by atoms with Crippen molar-refractivity contribution in [3.63, 3.8) is 0 Å². The van der Waals surface area contributed by atoms with Crippen LogP contribution in [-0.4, -0.2) is 6.18 Å². The van der Waals surface area contributed by atoms with Gasteiger partial charge in [0.2, 0.25) is 0 Å². The summed E-state index contributed by atoms with van der Waals surface area (Å²) < 4.78 is 38.2. The maximum atomic E-state index is 12.7. The number of alkyl halides is 3. The van der Waals surface area contributed by atoms with Crippen molar-refractivity contribution >= 4 is 11.6 Å². The summed E-state index contributed by atoms with van der Waals surface area (Å²) in [6.45, 7) is 0. The number of halogens is 4. The van der Waals surface area contributed by atoms with Gasteiger partial charge in [0.25, 0.3) is 0 Å². The van der Waals surface area contributed by atoms with Crippen molar-refractivity contribution in [2.75, 3.05) is 0 Å². The average molecular weight is 249 g/mol. The van der Waals surface area contributed by atoms with Gasteiger partial charge in [-0.1, -0.05) is 30.2 Å². The molecule has 0 spiro atoms. The molecule has 1 aromatic carbocycles. The summed E-state index contributed by atoms with van der Waals surface area (Å²) in [5, 5.41) is 0.560. The van der Waals surface area contributed by atoms with Gasteiger partial charge in [0.1, 0.15) is 0 Å². The molecule has 1 aliphatic rings. The summed E-state index contributed by atoms with van der Waals surface area (Å²) in [5.74, 6) is -1.58. The summed E-state index contributed by atoms with van der Waals surface area (Å²) in [5.41, 5.74) is 0.754. The fourth-order valence-corrected chi connectivity index (χ4v) is 2.59. The molecule has 0 nitrogen and oxygen atoms in total. The SMILES string of the molecule is FC(F)(F)C1CCCC1c1ccc(Cl)cc1. The molecule has 0 amide bonds. The molecule has 88 valence electrons. The lowest BCUT2D eigenvalue weighted by atomic mass is 9.88. The van der Waals surface area contributed by atoms with Gasteiger partial charge >= 0.3 is 6.18 Å². The zero-order chi connectivity index (χ0) is 11.8. The van der Waals surface area contributed by atoms with Crippen molar-refractivity contribution in [3.8, 4) is 0 Å². The van der Waals surface area contributed by atoms with Crippen LogP contribution in [0.3, 0.4) is 0 Å². The first-order valence-electron chi connectivity index (χ1n) is 5.30. The standard InChI is InChI=1S/C12H12ClF3/c13-9-6-4-8(5-7-9)10-2-1-3-11(10)12(14,15)16/h4-7,10-11H,1-3H2. The van der Waals surface area contributed by atoms with E-state index in [0.717, 1.165) is 5.56 Å². The third kappa shape index (κ3) is 2.34. The lowest BCUT2D eigenvalue weighted by molar-refractivity contribution is -0.176. The van der Waals surface area contributed by atoms with Gasteiger partial charge in [-0.3, -0.25) is 0 Å². The average Bonchev–Trinajstić information content (AvgIpc) is 2.66. The fraction of sp³-hybridized carbons (Fsp3) is 0.500. The van der Waals surface area contributed by atoms with Crippen LogP contribution in [0.2, 0.25) is 5.02 Å². The van der Waals surface area contributed by atoms with Crippen LogP contribution in [0.15, 0.2) is 24.3 Å². The van der Waals surface area contributed by atoms with Gasteiger partial charge in [0.15, 0.2) is 0 Å². The van der Waals surface area contributed by atoms with Crippen molar-refractivity contribution in [3.05, 3.63) is 34.9 Å². The largest absolute Gasteiger partial charge is 0.392 e. The van der Waals surface area contributed by atoms with E-state index in [-0.39, 0.29) is 6.42 Å². The molecule has 2 unspecified atom stereocenters. The molecule has 0 aromatic heterocycles. The van der Waals surface area contributed by atoms with Crippen LogP contribution in [0.4, 0.5) is 13.2 Å². The Bertz CT molecular complexity index is 356. The van der Waals surface area contributed by atoms with Crippen LogP contribution in [-0.2, 0) is 0 Å². The van der Waals surface area contributed by atoms with Crippen molar-refractivity contribution < 1.29 is 13.2 Å². The maximum Gasteiger partial charge on any atom is 0.392 e. The molecule has 1 fully saturated rings. The highest BCUT2D eigenvalue weighted by Crippen LogP contribution is 2.48. The lowest BCUT2D eigenvalue weighted by Crippen LogP contribution is -2.25. The summed E-state index contributed by atoms with van der Waals surface area (Å²) >= 11 is 5.72. The summed E-state index contributed by atoms with van der Waals surface area (Å²) in [6.07, 6.45) is -2.57. The molecular formula is C12H12ClF3. The molecule has 16 heavy (non-hydrogen) atoms. The Balaban J connectivity index is 2.23. The first-order chi connectivity index (χ1) is 7.48. The zero-order valence-electron chi connectivity index (χ0n) is 8.60. The Morgan fingerprint density at radius 3 is 2.25 bits per heavy atom. The van der Waals surface area contributed by atoms with E-state index in [1.807, 2.05) is 0 Å². The topological polar surface area (TPSA) is 0 Å². The zero-order valence-corrected chi connectivity index (χ0v) is 9.35. The Labute approximate surface area is 97.4 Å². The lowest BCUT2D eigenvalue weighted by Gasteiger charge is -2.22. The molecule has 2 rings (SSSR count). The quantitative estimate of drug-likeness (QED) is 0.671. The smallest absolute Gasteiger partial charge is 0.171 e. The van der Waals surface area contributed by atoms with E-state index >= 15 is 0 Å². The van der Waals surface area contributed by atoms with Gasteiger partial charge in [0.05, 0.1) is 5.92 Å². The van der Waals surface area contributed by atoms with E-state index in [0.29, 0.717) is 17.9 Å². The molecule has 1 aromatic rings. The van der Waals surface area contributed by atoms with E-state index in [1.54, 1.807) is 24.3 Å². The number of rotatable bonds is 1. The van der Waals surface area contributed by atoms with Crippen molar-refractivity contribution in [1.29, 1.82) is 0 Å². The number of hydrogen-bond acceptors (Lipinski definition) is 0. The molecular weight excluding hydrogens is 237 g/mol. The first-order valence-corrected chi connectivity index (χ1v) is 5.68. The highest BCUT2D eigenvalue weighted by atomic mass is 35.5. The molecule has 0 bridgehead atoms. The van der Waals surface area contributed by atoms with Gasteiger partial charge in [-0.15, -0.1) is 0 Å². The van der Waals surface area contributed by atoms with Gasteiger partial charge in [-0.2, -0.15) is 13.2 Å². The second-order valence-corrected chi connectivity index (χ2v) is 4.67. The monoisotopic (exact) mass is 248 g/mol. The second kappa shape index (κ2) is 4.28. The third-order valence-electron chi connectivity index (χ3n) is 3.23. The maximum absolute atomic E-state index is 12.7. The minimum atomic E-state index is -4.08. The Hall–Kier alpha value is -0.700. The molecule has 0 saturated heterocycles. The Kier molecular flexibility index (Phi) is 3.15. The first kappa shape index (κ1) is 11.8. The predicted octanol–water partition coefficient (Wildman–Crippen LogP) is 4.79. The highest BCUT2D eigenvalue weighted by molar-refractivity contribution is 6.30. The van der Waals surface area contributed by atoms with Crippen LogP contribution in [0, 0.1) is 5.92 Å². The van der Waals surface area contributed by atoms with Crippen LogP contribution in [0.5, 0.6) is 0 Å². The van der Waals surface area contributed by atoms with Crippen LogP contribution in [0.1, 0.15) is 30.7 Å². The Morgan fingerprint density at radius 1 is 1.06 bits per heavy atom. The number of hydrogen-bond donors (Lipinski definition) is 0. The molecule has 0 N–H and O–H groups in total. The van der Waals surface area contributed by atoms with E-state index < -0.39 is 18.0 Å². The van der Waals surface area contributed by atoms with E-state index in [1.165, 1.54) is 0 Å². The van der Waals surface area contributed by atoms with Crippen LogP contribution in [0.25, 0.3) is 0 Å². The van der Waals surface area contributed by atoms with Crippen LogP contribution >= 0.6 is 11.6 Å². The molecule has 0 radical (unpaired) electrons. The Morgan fingerprint density at radius 2 is 1.69 bits per heavy atom. The van der Waals surface area contributed by atoms with Crippen molar-refractivity contribution in [2.45, 2.75) is 31.4 Å². The van der Waals surface area contributed by atoms with E-state index in [2.05, 4.69) is 0 Å². The minimum Gasteiger partial charge on any atom is -0.171 e. The second-order valence-electron chi connectivity index (χ2n) is 4.24. The molecule has 1 saturated carbocycles. The molecule has 4 heteroatoms. The highest BCUT2D eigenvalue weighted by Gasteiger charge is 2.47. The summed E-state index contributed by atoms with van der Waals surface area (Å²) in [6, 6.07) is 6.72. The molecule has 0 heterocycles. The third-order valence-corrected chi connectivity index (χ3v) is 3.49. The van der Waals surface area contributed by atoms with Crippen LogP contribution < -0.4 is 0 Å². The molecule has 2 atom stereocenters. The van der Waals surface area contributed by atoms with E-state index in [9.17, 15) is 13.2 Å². The summed E-state index contributed by atoms with van der Waals surface area (Å²) in [7, 11) is 0. The minimum absolute atomic E-state index is 0.247. The van der Waals surface area contributed by atoms with Gasteiger partial charge in [-0.05, 0) is 36.5 Å². The fourth-order valence-electron chi connectivity index (χ4n) is 2.46. The molecule has 1 aliphatic carbocycles. The van der Waals surface area contributed by atoms with E-state index in [4.69, 9.17) is 11.6 Å². The predicted molar refractivity (Wildman–Crippen MR) is 57.6 cm³/mol. The summed E-state index contributed by atoms with van der Waals surface area (Å²) in [4.78, 5) is 0. The van der Waals surface area contributed by atoms with Gasteiger partial charge in [0, 0.05) is 5.02 Å². The van der Waals surface area contributed by atoms with Crippen molar-refractivity contribution in [2.24, 2.45) is 5.92 Å². The molecule has 0 aliphatic heterocycles. The van der Waals surface area contributed by atoms with Crippen molar-refractivity contribution in [1.82, 2.24) is 0 Å². The van der Waals surface area contributed by atoms with Gasteiger partial charge < -0.3 is 0 Å². The normalized spacial score (nSPS) is 26.0. The number of benzene rings is 1. The van der Waals surface area contributed by atoms with Gasteiger partial charge in [-0.25, -0.2) is 0 Å².